The number of rotatable bonds is 19. The number of benzene rings is 3. The van der Waals surface area contributed by atoms with Crippen LogP contribution in [0, 0.1) is 12.8 Å². The van der Waals surface area contributed by atoms with Gasteiger partial charge in [0.15, 0.2) is 10.8 Å². The SMILES string of the molecule is Cc1cc(O[C@H](C)CCC2CCN(CC(=O)Nc3ccc4c(C5CCC(=O)NC5=O)nn(C)c4c3)CC2)ccc1-c1ccc(N2CCc3ccnc(C(=O)N(COCC[Si](C)(C)C)c4nc5ccccc5s4)c3C2)nc1C(=O)OC(C)(C)C. The molecule has 2 atom stereocenters. The number of likely N-dealkylation sites (tertiary alicyclic amines) is 1. The molecule has 20 heteroatoms. The van der Waals surface area contributed by atoms with E-state index in [4.69, 9.17) is 29.2 Å². The Kier molecular flexibility index (Phi) is 17.6. The number of nitrogens with one attached hydrogen (secondary N) is 2. The van der Waals surface area contributed by atoms with Gasteiger partial charge in [0.1, 0.15) is 29.6 Å². The quantitative estimate of drug-likeness (QED) is 0.0254. The molecule has 2 saturated heterocycles. The Labute approximate surface area is 490 Å². The van der Waals surface area contributed by atoms with Crippen molar-refractivity contribution in [1.82, 2.24) is 34.9 Å². The van der Waals surface area contributed by atoms with Crippen LogP contribution in [0.2, 0.25) is 25.7 Å². The summed E-state index contributed by atoms with van der Waals surface area (Å²) < 4.78 is 21.4. The van der Waals surface area contributed by atoms with Gasteiger partial charge < -0.3 is 24.4 Å². The van der Waals surface area contributed by atoms with Gasteiger partial charge in [-0.05, 0) is 176 Å². The molecule has 3 aliphatic rings. The number of aryl methyl sites for hydroxylation is 2. The van der Waals surface area contributed by atoms with E-state index in [0.717, 1.165) is 93.9 Å². The van der Waals surface area contributed by atoms with Crippen molar-refractivity contribution in [2.24, 2.45) is 13.0 Å². The number of thiazole rings is 1. The van der Waals surface area contributed by atoms with Crippen LogP contribution in [0.1, 0.15) is 115 Å². The first-order valence-electron chi connectivity index (χ1n) is 28.9. The number of ether oxygens (including phenoxy) is 3. The van der Waals surface area contributed by atoms with Crippen LogP contribution in [0.4, 0.5) is 16.6 Å². The smallest absolute Gasteiger partial charge is 0.358 e. The number of fused-ring (bicyclic) bond motifs is 3. The highest BCUT2D eigenvalue weighted by atomic mass is 32.1. The Balaban J connectivity index is 0.758. The fourth-order valence-corrected chi connectivity index (χ4v) is 12.9. The number of piperidine rings is 2. The standard InChI is InChI=1S/C63H76N10O8SSi/c1-39-34-44(80-40(2)14-15-41-25-29-71(30-26-41)37-55(75)65-43-16-18-47-51(35-43)70(6)69-56(47)48-21-23-54(74)68-59(48)76)17-19-45(39)46-20-22-53(67-58(46)61(78)81-63(3,4)5)72-31-27-42-24-28-64-57(49(42)36-72)60(77)73(38-79-32-33-83(7,8)9)62-66-50-12-10-11-13-52(50)82-62/h10-13,16-20,22,24,28,34-35,40-41,48H,14-15,21,23,25-27,29-33,36-38H2,1-9H3,(H,65,75)(H,68,74,76)/t40-,48?/m1/s1. The number of esters is 1. The van der Waals surface area contributed by atoms with Crippen LogP contribution >= 0.6 is 11.3 Å². The van der Waals surface area contributed by atoms with E-state index in [9.17, 15) is 24.0 Å². The summed E-state index contributed by atoms with van der Waals surface area (Å²) in [6.45, 7) is 20.1. The van der Waals surface area contributed by atoms with Crippen molar-refractivity contribution < 1.29 is 38.2 Å². The molecule has 7 heterocycles. The molecule has 3 aliphatic heterocycles. The lowest BCUT2D eigenvalue weighted by Crippen LogP contribution is -2.39. The molecule has 2 fully saturated rings. The molecule has 0 radical (unpaired) electrons. The monoisotopic (exact) mass is 1160 g/mol. The maximum Gasteiger partial charge on any atom is 0.358 e. The Hall–Kier alpha value is -7.39. The third kappa shape index (κ3) is 14.2. The first-order chi connectivity index (χ1) is 39.6. The number of imide groups is 1. The van der Waals surface area contributed by atoms with Crippen molar-refractivity contribution >= 4 is 86.8 Å². The lowest BCUT2D eigenvalue weighted by atomic mass is 9.91. The molecule has 83 heavy (non-hydrogen) atoms. The molecule has 7 aromatic rings. The van der Waals surface area contributed by atoms with E-state index in [-0.39, 0.29) is 48.6 Å². The molecule has 4 aromatic heterocycles. The summed E-state index contributed by atoms with van der Waals surface area (Å²) in [5, 5.41) is 11.5. The number of pyridine rings is 2. The zero-order valence-corrected chi connectivity index (χ0v) is 51.0. The molecule has 436 valence electrons. The number of amides is 4. The summed E-state index contributed by atoms with van der Waals surface area (Å²) in [5.74, 6) is -0.136. The van der Waals surface area contributed by atoms with Crippen LogP contribution in [-0.2, 0) is 43.9 Å². The molecule has 0 saturated carbocycles. The second-order valence-electron chi connectivity index (χ2n) is 24.6. The highest BCUT2D eigenvalue weighted by molar-refractivity contribution is 7.22. The molecule has 1 unspecified atom stereocenters. The molecule has 0 bridgehead atoms. The second kappa shape index (κ2) is 24.8. The van der Waals surface area contributed by atoms with Gasteiger partial charge in [0.25, 0.3) is 5.91 Å². The van der Waals surface area contributed by atoms with E-state index in [1.165, 1.54) is 11.3 Å². The summed E-state index contributed by atoms with van der Waals surface area (Å²) in [5.41, 5.74) is 6.92. The predicted molar refractivity (Wildman–Crippen MR) is 327 cm³/mol. The van der Waals surface area contributed by atoms with Crippen LogP contribution in [0.3, 0.4) is 0 Å². The third-order valence-corrected chi connectivity index (χ3v) is 18.5. The number of hydrogen-bond donors (Lipinski definition) is 2. The number of para-hydroxylation sites is 1. The summed E-state index contributed by atoms with van der Waals surface area (Å²) in [6, 6.07) is 26.2. The van der Waals surface area contributed by atoms with Crippen molar-refractivity contribution in [2.45, 2.75) is 129 Å². The van der Waals surface area contributed by atoms with Crippen LogP contribution in [0.25, 0.3) is 32.2 Å². The Bertz CT molecular complexity index is 3550. The number of hydrogen-bond acceptors (Lipinski definition) is 15. The van der Waals surface area contributed by atoms with Crippen molar-refractivity contribution in [3.05, 3.63) is 119 Å². The van der Waals surface area contributed by atoms with Gasteiger partial charge in [-0.3, -0.25) is 44.0 Å². The van der Waals surface area contributed by atoms with Gasteiger partial charge in [-0.25, -0.2) is 14.8 Å². The van der Waals surface area contributed by atoms with E-state index in [1.807, 2.05) is 114 Å². The molecule has 0 spiro atoms. The van der Waals surface area contributed by atoms with E-state index in [1.54, 1.807) is 15.8 Å². The number of carbonyl (C=O) groups is 5. The Morgan fingerprint density at radius 2 is 1.70 bits per heavy atom. The molecule has 3 aromatic carbocycles. The summed E-state index contributed by atoms with van der Waals surface area (Å²) in [4.78, 5) is 87.1. The maximum atomic E-state index is 14.8. The van der Waals surface area contributed by atoms with Crippen molar-refractivity contribution in [3.8, 4) is 16.9 Å². The van der Waals surface area contributed by atoms with Gasteiger partial charge in [0, 0.05) is 69.6 Å². The summed E-state index contributed by atoms with van der Waals surface area (Å²) in [6.07, 6.45) is 6.87. The van der Waals surface area contributed by atoms with Gasteiger partial charge in [0.2, 0.25) is 17.7 Å². The normalized spacial score (nSPS) is 16.6. The highest BCUT2D eigenvalue weighted by Gasteiger charge is 2.34. The van der Waals surface area contributed by atoms with E-state index < -0.39 is 25.6 Å². The number of nitrogens with zero attached hydrogens (tertiary/aromatic N) is 8. The largest absolute Gasteiger partial charge is 0.491 e. The lowest BCUT2D eigenvalue weighted by molar-refractivity contribution is -0.134. The van der Waals surface area contributed by atoms with Crippen molar-refractivity contribution in [1.29, 1.82) is 0 Å². The zero-order chi connectivity index (χ0) is 58.7. The second-order valence-corrected chi connectivity index (χ2v) is 31.2. The molecule has 0 aliphatic carbocycles. The molecule has 18 nitrogen and oxygen atoms in total. The van der Waals surface area contributed by atoms with Crippen molar-refractivity contribution in [2.75, 3.05) is 54.6 Å². The Morgan fingerprint density at radius 3 is 2.45 bits per heavy atom. The third-order valence-electron chi connectivity index (χ3n) is 15.7. The fraction of sp³-hybridized carbons (Fsp3) is 0.444. The molecule has 10 rings (SSSR count). The zero-order valence-electron chi connectivity index (χ0n) is 49.2. The minimum atomic E-state index is -1.39. The Morgan fingerprint density at radius 1 is 0.916 bits per heavy atom. The molecule has 2 N–H and O–H groups in total. The van der Waals surface area contributed by atoms with Gasteiger partial charge >= 0.3 is 5.97 Å². The lowest BCUT2D eigenvalue weighted by Gasteiger charge is -2.32. The fourth-order valence-electron chi connectivity index (χ4n) is 11.2. The van der Waals surface area contributed by atoms with Gasteiger partial charge in [-0.15, -0.1) is 0 Å². The molecular weight excluding hydrogens is 1080 g/mol. The first-order valence-corrected chi connectivity index (χ1v) is 33.5. The average Bonchev–Trinajstić information content (AvgIpc) is 2.84. The average molecular weight is 1160 g/mol. The number of carbonyl (C=O) groups excluding carboxylic acids is 5. The van der Waals surface area contributed by atoms with Crippen molar-refractivity contribution in [3.63, 3.8) is 0 Å². The predicted octanol–water partition coefficient (Wildman–Crippen LogP) is 10.8. The number of anilines is 3. The maximum absolute atomic E-state index is 14.8. The summed E-state index contributed by atoms with van der Waals surface area (Å²) in [7, 11) is 0.427. The van der Waals surface area contributed by atoms with E-state index in [2.05, 4.69) is 52.1 Å². The van der Waals surface area contributed by atoms with E-state index in [0.29, 0.717) is 78.6 Å². The van der Waals surface area contributed by atoms with Gasteiger partial charge in [0.05, 0.1) is 40.0 Å². The van der Waals surface area contributed by atoms with Crippen LogP contribution in [0.5, 0.6) is 5.75 Å². The summed E-state index contributed by atoms with van der Waals surface area (Å²) >= 11 is 1.45. The minimum absolute atomic E-state index is 0.0384. The first kappa shape index (κ1) is 58.8. The van der Waals surface area contributed by atoms with Crippen LogP contribution < -0.4 is 25.2 Å². The highest BCUT2D eigenvalue weighted by Crippen LogP contribution is 2.37. The molecular formula is C63H76N10O8SSi. The van der Waals surface area contributed by atoms with E-state index >= 15 is 0 Å². The minimum Gasteiger partial charge on any atom is -0.491 e. The van der Waals surface area contributed by atoms with Crippen LogP contribution in [0.15, 0.2) is 85.1 Å². The van der Waals surface area contributed by atoms with Gasteiger partial charge in [-0.1, -0.05) is 49.2 Å². The molecule has 4 amide bonds. The number of aromatic nitrogens is 5. The van der Waals surface area contributed by atoms with Gasteiger partial charge in [-0.2, -0.15) is 5.10 Å². The topological polar surface area (TPSA) is 203 Å². The van der Waals surface area contributed by atoms with Crippen LogP contribution in [-0.4, -0.2) is 119 Å².